The highest BCUT2D eigenvalue weighted by molar-refractivity contribution is 5.81. The number of amides is 1. The number of aryl methyl sites for hydroxylation is 2. The molecule has 1 N–H and O–H groups in total. The Morgan fingerprint density at radius 3 is 2.44 bits per heavy atom. The molecule has 18 heavy (non-hydrogen) atoms. The van der Waals surface area contributed by atoms with E-state index in [-0.39, 0.29) is 18.0 Å². The van der Waals surface area contributed by atoms with Crippen LogP contribution in [0.5, 0.6) is 0 Å². The molecular formula is C13H22N4O. The van der Waals surface area contributed by atoms with Crippen molar-refractivity contribution in [1.82, 2.24) is 15.5 Å². The second-order valence-electron chi connectivity index (χ2n) is 5.63. The van der Waals surface area contributed by atoms with E-state index in [0.29, 0.717) is 5.82 Å². The number of aromatic nitrogens is 2. The van der Waals surface area contributed by atoms with Crippen molar-refractivity contribution in [3.8, 4) is 0 Å². The number of rotatable bonds is 3. The van der Waals surface area contributed by atoms with Crippen LogP contribution in [0.25, 0.3) is 0 Å². The summed E-state index contributed by atoms with van der Waals surface area (Å²) in [4.78, 5) is 13.6. The van der Waals surface area contributed by atoms with Crippen molar-refractivity contribution in [3.05, 3.63) is 17.3 Å². The van der Waals surface area contributed by atoms with Crippen LogP contribution in [0, 0.1) is 13.8 Å². The molecule has 5 heteroatoms. The standard InChI is InChI=1S/C13H22N4O/c1-9-7-11(16-15-10(9)2)17(6)8-12(18)14-13(3,4)5/h7H,8H2,1-6H3,(H,14,18). The van der Waals surface area contributed by atoms with Gasteiger partial charge in [0.15, 0.2) is 5.82 Å². The summed E-state index contributed by atoms with van der Waals surface area (Å²) in [5.74, 6) is 0.687. The van der Waals surface area contributed by atoms with Gasteiger partial charge in [-0.15, -0.1) is 5.10 Å². The molecule has 0 aliphatic rings. The lowest BCUT2D eigenvalue weighted by molar-refractivity contribution is -0.121. The zero-order valence-corrected chi connectivity index (χ0v) is 12.0. The third-order valence-corrected chi connectivity index (χ3v) is 2.51. The molecule has 0 aliphatic heterocycles. The zero-order valence-electron chi connectivity index (χ0n) is 12.0. The van der Waals surface area contributed by atoms with E-state index in [9.17, 15) is 4.79 Å². The van der Waals surface area contributed by atoms with Crippen LogP contribution in [0.15, 0.2) is 6.07 Å². The van der Waals surface area contributed by atoms with Crippen molar-refractivity contribution in [3.63, 3.8) is 0 Å². The fourth-order valence-corrected chi connectivity index (χ4v) is 1.47. The van der Waals surface area contributed by atoms with Crippen molar-refractivity contribution >= 4 is 11.7 Å². The van der Waals surface area contributed by atoms with Gasteiger partial charge in [-0.1, -0.05) is 0 Å². The first-order valence-electron chi connectivity index (χ1n) is 6.02. The van der Waals surface area contributed by atoms with Crippen LogP contribution in [0.4, 0.5) is 5.82 Å². The van der Waals surface area contributed by atoms with E-state index in [2.05, 4.69) is 15.5 Å². The van der Waals surface area contributed by atoms with Crippen molar-refractivity contribution < 1.29 is 4.79 Å². The summed E-state index contributed by atoms with van der Waals surface area (Å²) < 4.78 is 0. The summed E-state index contributed by atoms with van der Waals surface area (Å²) in [6.07, 6.45) is 0. The Hall–Kier alpha value is -1.65. The Morgan fingerprint density at radius 2 is 1.94 bits per heavy atom. The van der Waals surface area contributed by atoms with Gasteiger partial charge in [0.05, 0.1) is 12.2 Å². The first-order chi connectivity index (χ1) is 8.19. The summed E-state index contributed by atoms with van der Waals surface area (Å²) in [5.41, 5.74) is 1.77. The number of anilines is 1. The van der Waals surface area contributed by atoms with Crippen molar-refractivity contribution in [2.24, 2.45) is 0 Å². The molecule has 0 aromatic carbocycles. The van der Waals surface area contributed by atoms with Gasteiger partial charge in [-0.05, 0) is 46.2 Å². The first kappa shape index (κ1) is 14.4. The molecule has 1 aromatic rings. The maximum Gasteiger partial charge on any atom is 0.239 e. The molecule has 1 heterocycles. The Morgan fingerprint density at radius 1 is 1.33 bits per heavy atom. The number of carbonyl (C=O) groups is 1. The maximum absolute atomic E-state index is 11.8. The first-order valence-corrected chi connectivity index (χ1v) is 6.02. The zero-order chi connectivity index (χ0) is 13.9. The van der Waals surface area contributed by atoms with Crippen LogP contribution >= 0.6 is 0 Å². The largest absolute Gasteiger partial charge is 0.350 e. The molecular weight excluding hydrogens is 228 g/mol. The molecule has 0 fully saturated rings. The minimum atomic E-state index is -0.215. The summed E-state index contributed by atoms with van der Waals surface area (Å²) in [7, 11) is 1.83. The number of nitrogens with zero attached hydrogens (tertiary/aromatic N) is 3. The summed E-state index contributed by atoms with van der Waals surface area (Å²) in [6, 6.07) is 1.94. The summed E-state index contributed by atoms with van der Waals surface area (Å²) >= 11 is 0. The average Bonchev–Trinajstić information content (AvgIpc) is 2.18. The van der Waals surface area contributed by atoms with Gasteiger partial charge in [-0.2, -0.15) is 5.10 Å². The van der Waals surface area contributed by atoms with Crippen LogP contribution in [0.2, 0.25) is 0 Å². The minimum absolute atomic E-state index is 0.0231. The molecule has 0 saturated carbocycles. The quantitative estimate of drug-likeness (QED) is 0.882. The van der Waals surface area contributed by atoms with Gasteiger partial charge >= 0.3 is 0 Å². The molecule has 1 rings (SSSR count). The van der Waals surface area contributed by atoms with Crippen LogP contribution < -0.4 is 10.2 Å². The number of nitrogens with one attached hydrogen (secondary N) is 1. The third-order valence-electron chi connectivity index (χ3n) is 2.51. The third kappa shape index (κ3) is 4.31. The van der Waals surface area contributed by atoms with E-state index in [1.165, 1.54) is 0 Å². The van der Waals surface area contributed by atoms with Gasteiger partial charge in [0.25, 0.3) is 0 Å². The van der Waals surface area contributed by atoms with E-state index in [0.717, 1.165) is 11.3 Å². The van der Waals surface area contributed by atoms with E-state index < -0.39 is 0 Å². The molecule has 0 saturated heterocycles. The van der Waals surface area contributed by atoms with Gasteiger partial charge in [-0.25, -0.2) is 0 Å². The smallest absolute Gasteiger partial charge is 0.239 e. The average molecular weight is 250 g/mol. The number of hydrogen-bond acceptors (Lipinski definition) is 4. The molecule has 1 amide bonds. The highest BCUT2D eigenvalue weighted by Gasteiger charge is 2.16. The van der Waals surface area contributed by atoms with Crippen LogP contribution in [-0.2, 0) is 4.79 Å². The Kier molecular flexibility index (Phi) is 4.27. The molecule has 0 spiro atoms. The van der Waals surface area contributed by atoms with Crippen molar-refractivity contribution in [2.75, 3.05) is 18.5 Å². The second kappa shape index (κ2) is 5.33. The van der Waals surface area contributed by atoms with E-state index in [4.69, 9.17) is 0 Å². The lowest BCUT2D eigenvalue weighted by atomic mass is 10.1. The lowest BCUT2D eigenvalue weighted by Gasteiger charge is -2.23. The molecule has 0 unspecified atom stereocenters. The number of likely N-dealkylation sites (N-methyl/N-ethyl adjacent to an activating group) is 1. The van der Waals surface area contributed by atoms with E-state index >= 15 is 0 Å². The number of carbonyl (C=O) groups excluding carboxylic acids is 1. The minimum Gasteiger partial charge on any atom is -0.350 e. The molecule has 0 radical (unpaired) electrons. The number of hydrogen-bond donors (Lipinski definition) is 1. The van der Waals surface area contributed by atoms with Crippen molar-refractivity contribution in [2.45, 2.75) is 40.2 Å². The van der Waals surface area contributed by atoms with Gasteiger partial charge in [0.1, 0.15) is 0 Å². The molecule has 0 aliphatic carbocycles. The Labute approximate surface area is 109 Å². The highest BCUT2D eigenvalue weighted by Crippen LogP contribution is 2.11. The Bertz CT molecular complexity index is 437. The van der Waals surface area contributed by atoms with E-state index in [1.54, 1.807) is 4.90 Å². The molecule has 1 aromatic heterocycles. The molecule has 0 bridgehead atoms. The molecule has 0 atom stereocenters. The monoisotopic (exact) mass is 250 g/mol. The van der Waals surface area contributed by atoms with Gasteiger partial charge in [-0.3, -0.25) is 4.79 Å². The lowest BCUT2D eigenvalue weighted by Crippen LogP contribution is -2.45. The second-order valence-corrected chi connectivity index (χ2v) is 5.63. The van der Waals surface area contributed by atoms with Crippen LogP contribution in [-0.4, -0.2) is 35.2 Å². The SMILES string of the molecule is Cc1cc(N(C)CC(=O)NC(C)(C)C)nnc1C. The van der Waals surface area contributed by atoms with Gasteiger partial charge in [0, 0.05) is 12.6 Å². The molecule has 100 valence electrons. The fraction of sp³-hybridized carbons (Fsp3) is 0.615. The summed E-state index contributed by atoms with van der Waals surface area (Å²) in [5, 5.41) is 11.1. The van der Waals surface area contributed by atoms with Gasteiger partial charge in [0.2, 0.25) is 5.91 Å². The maximum atomic E-state index is 11.8. The predicted octanol–water partition coefficient (Wildman–Crippen LogP) is 1.44. The normalized spacial score (nSPS) is 11.2. The summed E-state index contributed by atoms with van der Waals surface area (Å²) in [6.45, 7) is 10.0. The Balaban J connectivity index is 2.68. The van der Waals surface area contributed by atoms with Crippen LogP contribution in [0.3, 0.4) is 0 Å². The topological polar surface area (TPSA) is 58.1 Å². The highest BCUT2D eigenvalue weighted by atomic mass is 16.2. The van der Waals surface area contributed by atoms with Crippen molar-refractivity contribution in [1.29, 1.82) is 0 Å². The molecule has 5 nitrogen and oxygen atoms in total. The van der Waals surface area contributed by atoms with Gasteiger partial charge < -0.3 is 10.2 Å². The predicted molar refractivity (Wildman–Crippen MR) is 72.7 cm³/mol. The fourth-order valence-electron chi connectivity index (χ4n) is 1.47. The van der Waals surface area contributed by atoms with E-state index in [1.807, 2.05) is 47.7 Å². The van der Waals surface area contributed by atoms with Crippen LogP contribution in [0.1, 0.15) is 32.0 Å².